The number of anilines is 1. The zero-order chi connectivity index (χ0) is 17.3. The van der Waals surface area contributed by atoms with Crippen LogP contribution in [0.2, 0.25) is 0 Å². The molecule has 2 rings (SSSR count). The Morgan fingerprint density at radius 3 is 2.22 bits per heavy atom. The number of hydrogen-bond acceptors (Lipinski definition) is 7. The van der Waals surface area contributed by atoms with Gasteiger partial charge in [0.15, 0.2) is 9.84 Å². The van der Waals surface area contributed by atoms with Crippen molar-refractivity contribution in [2.24, 2.45) is 0 Å². The van der Waals surface area contributed by atoms with E-state index in [0.29, 0.717) is 0 Å². The first-order chi connectivity index (χ1) is 10.6. The van der Waals surface area contributed by atoms with E-state index in [1.54, 1.807) is 0 Å². The molecule has 0 aliphatic rings. The summed E-state index contributed by atoms with van der Waals surface area (Å²) in [6.07, 6.45) is 1.06. The van der Waals surface area contributed by atoms with Gasteiger partial charge in [0.1, 0.15) is 9.77 Å². The third-order valence-corrected chi connectivity index (χ3v) is 6.40. The molecule has 0 bridgehead atoms. The van der Waals surface area contributed by atoms with Gasteiger partial charge in [0.05, 0.1) is 12.0 Å². The van der Waals surface area contributed by atoms with Crippen LogP contribution in [0.5, 0.6) is 0 Å². The summed E-state index contributed by atoms with van der Waals surface area (Å²) in [6, 6.07) is 6.55. The van der Waals surface area contributed by atoms with Crippen molar-refractivity contribution in [1.29, 1.82) is 0 Å². The lowest BCUT2D eigenvalue weighted by molar-refractivity contribution is 0.0602. The fraction of sp³-hybridized carbons (Fsp3) is 0.154. The number of methoxy groups -OCH3 is 1. The van der Waals surface area contributed by atoms with Gasteiger partial charge in [-0.15, -0.1) is 11.3 Å². The lowest BCUT2D eigenvalue weighted by Gasteiger charge is -2.08. The average Bonchev–Trinajstić information content (AvgIpc) is 2.96. The number of rotatable bonds is 5. The van der Waals surface area contributed by atoms with Crippen molar-refractivity contribution >= 4 is 42.9 Å². The number of sulfonamides is 1. The first kappa shape index (κ1) is 17.4. The summed E-state index contributed by atoms with van der Waals surface area (Å²) in [7, 11) is -6.20. The summed E-state index contributed by atoms with van der Waals surface area (Å²) in [5.74, 6) is -0.743. The van der Waals surface area contributed by atoms with Gasteiger partial charge in [-0.25, -0.2) is 21.6 Å². The van der Waals surface area contributed by atoms with Gasteiger partial charge in [0.25, 0.3) is 10.0 Å². The molecule has 0 aliphatic heterocycles. The predicted molar refractivity (Wildman–Crippen MR) is 86.0 cm³/mol. The standard InChI is InChI=1S/C13H13NO6S3/c1-20-13(15)12-11(7-8-21-12)23(18,19)14-9-3-5-10(6-4-9)22(2,16)17/h3-8,14H,1-2H3. The largest absolute Gasteiger partial charge is 0.465 e. The number of nitrogens with one attached hydrogen (secondary N) is 1. The second-order valence-corrected chi connectivity index (χ2v) is 9.09. The van der Waals surface area contributed by atoms with E-state index in [1.165, 1.54) is 35.7 Å². The summed E-state index contributed by atoms with van der Waals surface area (Å²) >= 11 is 0.952. The number of esters is 1. The van der Waals surface area contributed by atoms with E-state index in [-0.39, 0.29) is 20.4 Å². The minimum Gasteiger partial charge on any atom is -0.465 e. The second kappa shape index (κ2) is 6.30. The lowest BCUT2D eigenvalue weighted by Crippen LogP contribution is -2.15. The maximum absolute atomic E-state index is 12.4. The maximum Gasteiger partial charge on any atom is 0.349 e. The summed E-state index contributed by atoms with van der Waals surface area (Å²) in [5, 5.41) is 1.47. The van der Waals surface area contributed by atoms with Crippen LogP contribution in [-0.2, 0) is 24.6 Å². The van der Waals surface area contributed by atoms with Crippen molar-refractivity contribution in [3.8, 4) is 0 Å². The highest BCUT2D eigenvalue weighted by atomic mass is 32.2. The van der Waals surface area contributed by atoms with Crippen LogP contribution in [0.1, 0.15) is 9.67 Å². The quantitative estimate of drug-likeness (QED) is 0.798. The number of carbonyl (C=O) groups is 1. The molecule has 1 aromatic carbocycles. The molecule has 0 radical (unpaired) electrons. The van der Waals surface area contributed by atoms with Gasteiger partial charge in [-0.1, -0.05) is 0 Å². The van der Waals surface area contributed by atoms with Crippen molar-refractivity contribution < 1.29 is 26.4 Å². The van der Waals surface area contributed by atoms with Crippen LogP contribution in [0.3, 0.4) is 0 Å². The second-order valence-electron chi connectivity index (χ2n) is 4.51. The number of ether oxygens (including phenoxy) is 1. The van der Waals surface area contributed by atoms with Crippen LogP contribution >= 0.6 is 11.3 Å². The molecule has 0 aliphatic carbocycles. The molecule has 1 N–H and O–H groups in total. The highest BCUT2D eigenvalue weighted by molar-refractivity contribution is 7.93. The minimum atomic E-state index is -3.99. The van der Waals surface area contributed by atoms with E-state index in [2.05, 4.69) is 9.46 Å². The third kappa shape index (κ3) is 3.89. The molecule has 0 fully saturated rings. The Bertz CT molecular complexity index is 926. The molecule has 0 atom stereocenters. The van der Waals surface area contributed by atoms with Crippen molar-refractivity contribution in [3.05, 3.63) is 40.6 Å². The topological polar surface area (TPSA) is 107 Å². The zero-order valence-electron chi connectivity index (χ0n) is 12.1. The fourth-order valence-corrected chi connectivity index (χ4v) is 4.76. The maximum atomic E-state index is 12.4. The van der Waals surface area contributed by atoms with Crippen LogP contribution < -0.4 is 4.72 Å². The Kier molecular flexibility index (Phi) is 4.78. The third-order valence-electron chi connectivity index (χ3n) is 2.82. The van der Waals surface area contributed by atoms with E-state index in [1.807, 2.05) is 0 Å². The first-order valence-electron chi connectivity index (χ1n) is 6.14. The van der Waals surface area contributed by atoms with Crippen LogP contribution in [0, 0.1) is 0 Å². The smallest absolute Gasteiger partial charge is 0.349 e. The molecule has 0 saturated heterocycles. The monoisotopic (exact) mass is 375 g/mol. The van der Waals surface area contributed by atoms with E-state index in [9.17, 15) is 21.6 Å². The highest BCUT2D eigenvalue weighted by Gasteiger charge is 2.24. The molecule has 124 valence electrons. The Morgan fingerprint density at radius 2 is 1.70 bits per heavy atom. The Balaban J connectivity index is 2.32. The normalized spacial score (nSPS) is 11.9. The predicted octanol–water partition coefficient (Wildman–Crippen LogP) is 1.74. The van der Waals surface area contributed by atoms with Crippen molar-refractivity contribution in [2.45, 2.75) is 9.79 Å². The molecule has 0 unspecified atom stereocenters. The Labute approximate surface area is 137 Å². The summed E-state index contributed by atoms with van der Waals surface area (Å²) < 4.78 is 54.3. The Morgan fingerprint density at radius 1 is 1.09 bits per heavy atom. The number of hydrogen-bond donors (Lipinski definition) is 1. The van der Waals surface area contributed by atoms with Gasteiger partial charge in [-0.2, -0.15) is 0 Å². The van der Waals surface area contributed by atoms with Gasteiger partial charge in [0.2, 0.25) is 0 Å². The molecule has 10 heteroatoms. The molecular formula is C13H13NO6S3. The van der Waals surface area contributed by atoms with Crippen LogP contribution in [-0.4, -0.2) is 36.2 Å². The van der Waals surface area contributed by atoms with Crippen LogP contribution in [0.25, 0.3) is 0 Å². The van der Waals surface area contributed by atoms with Gasteiger partial charge >= 0.3 is 5.97 Å². The van der Waals surface area contributed by atoms with E-state index < -0.39 is 25.8 Å². The number of carbonyl (C=O) groups excluding carboxylic acids is 1. The average molecular weight is 375 g/mol. The van der Waals surface area contributed by atoms with Gasteiger partial charge < -0.3 is 4.74 Å². The summed E-state index contributed by atoms with van der Waals surface area (Å²) in [5.41, 5.74) is 0.180. The van der Waals surface area contributed by atoms with Crippen molar-refractivity contribution in [3.63, 3.8) is 0 Å². The SMILES string of the molecule is COC(=O)c1sccc1S(=O)(=O)Nc1ccc(S(C)(=O)=O)cc1. The summed E-state index contributed by atoms with van der Waals surface area (Å²) in [4.78, 5) is 11.4. The molecule has 2 aromatic rings. The Hall–Kier alpha value is -1.91. The molecule has 1 aromatic heterocycles. The highest BCUT2D eigenvalue weighted by Crippen LogP contribution is 2.25. The number of sulfone groups is 1. The molecular weight excluding hydrogens is 362 g/mol. The molecule has 0 saturated carbocycles. The van der Waals surface area contributed by atoms with Crippen LogP contribution in [0.15, 0.2) is 45.5 Å². The van der Waals surface area contributed by atoms with Crippen LogP contribution in [0.4, 0.5) is 5.69 Å². The number of thiophene rings is 1. The van der Waals surface area contributed by atoms with E-state index in [4.69, 9.17) is 0 Å². The molecule has 0 amide bonds. The summed E-state index contributed by atoms with van der Waals surface area (Å²) in [6.45, 7) is 0. The lowest BCUT2D eigenvalue weighted by atomic mass is 10.3. The molecule has 1 heterocycles. The van der Waals surface area contributed by atoms with Gasteiger partial charge in [-0.05, 0) is 35.7 Å². The fourth-order valence-electron chi connectivity index (χ4n) is 1.73. The minimum absolute atomic E-state index is 0.0345. The zero-order valence-corrected chi connectivity index (χ0v) is 14.6. The molecule has 0 spiro atoms. The number of benzene rings is 1. The van der Waals surface area contributed by atoms with E-state index >= 15 is 0 Å². The van der Waals surface area contributed by atoms with Crippen molar-refractivity contribution in [2.75, 3.05) is 18.1 Å². The molecule has 23 heavy (non-hydrogen) atoms. The van der Waals surface area contributed by atoms with E-state index in [0.717, 1.165) is 24.7 Å². The van der Waals surface area contributed by atoms with Gasteiger partial charge in [-0.3, -0.25) is 4.72 Å². The first-order valence-corrected chi connectivity index (χ1v) is 10.4. The molecule has 7 nitrogen and oxygen atoms in total. The van der Waals surface area contributed by atoms with Gasteiger partial charge in [0, 0.05) is 11.9 Å². The van der Waals surface area contributed by atoms with Crippen molar-refractivity contribution in [1.82, 2.24) is 0 Å².